The molecule has 1 aromatic carbocycles. The molecule has 3 heteroatoms. The van der Waals surface area contributed by atoms with Crippen molar-refractivity contribution in [3.8, 4) is 0 Å². The Kier molecular flexibility index (Phi) is 3.80. The zero-order valence-corrected chi connectivity index (χ0v) is 9.72. The third-order valence-electron chi connectivity index (χ3n) is 3.09. The summed E-state index contributed by atoms with van der Waals surface area (Å²) in [5.41, 5.74) is 2.24. The van der Waals surface area contributed by atoms with Crippen molar-refractivity contribution in [1.82, 2.24) is 0 Å². The minimum Gasteiger partial charge on any atom is -0.388 e. The van der Waals surface area contributed by atoms with Gasteiger partial charge in [0.25, 0.3) is 0 Å². The molecule has 0 saturated carbocycles. The fourth-order valence-electron chi connectivity index (χ4n) is 2.24. The number of hydrogen-bond donors (Lipinski definition) is 1. The molecule has 1 atom stereocenters. The lowest BCUT2D eigenvalue weighted by Gasteiger charge is -2.33. The summed E-state index contributed by atoms with van der Waals surface area (Å²) in [7, 11) is 1.73. The van der Waals surface area contributed by atoms with E-state index in [1.807, 2.05) is 18.2 Å². The summed E-state index contributed by atoms with van der Waals surface area (Å²) in [6.45, 7) is 2.72. The van der Waals surface area contributed by atoms with Gasteiger partial charge in [0.2, 0.25) is 0 Å². The third-order valence-corrected chi connectivity index (χ3v) is 3.09. The van der Waals surface area contributed by atoms with Crippen LogP contribution >= 0.6 is 0 Å². The van der Waals surface area contributed by atoms with Crippen molar-refractivity contribution in [2.75, 3.05) is 31.7 Å². The van der Waals surface area contributed by atoms with Crippen LogP contribution in [0.2, 0.25) is 0 Å². The van der Waals surface area contributed by atoms with Gasteiger partial charge in [-0.25, -0.2) is 0 Å². The molecule has 1 heterocycles. The third kappa shape index (κ3) is 2.36. The van der Waals surface area contributed by atoms with Crippen LogP contribution in [0.25, 0.3) is 0 Å². The van der Waals surface area contributed by atoms with Crippen LogP contribution in [0.1, 0.15) is 24.5 Å². The molecule has 1 aromatic rings. The molecule has 1 aliphatic rings. The Balaban J connectivity index is 2.09. The lowest BCUT2D eigenvalue weighted by Crippen LogP contribution is -2.32. The van der Waals surface area contributed by atoms with Gasteiger partial charge in [0, 0.05) is 38.1 Å². The fourth-order valence-corrected chi connectivity index (χ4v) is 2.24. The lowest BCUT2D eigenvalue weighted by atomic mass is 9.99. The Hall–Kier alpha value is -1.06. The van der Waals surface area contributed by atoms with Crippen LogP contribution in [0.4, 0.5) is 5.69 Å². The highest BCUT2D eigenvalue weighted by Crippen LogP contribution is 2.33. The normalized spacial score (nSPS) is 19.6. The second kappa shape index (κ2) is 5.32. The van der Waals surface area contributed by atoms with Crippen LogP contribution in [-0.2, 0) is 4.74 Å². The number of hydrogen-bond acceptors (Lipinski definition) is 3. The van der Waals surface area contributed by atoms with Gasteiger partial charge in [0.05, 0.1) is 6.10 Å². The summed E-state index contributed by atoms with van der Waals surface area (Å²) in [5, 5.41) is 9.90. The van der Waals surface area contributed by atoms with Crippen molar-refractivity contribution in [2.24, 2.45) is 0 Å². The van der Waals surface area contributed by atoms with Gasteiger partial charge in [-0.05, 0) is 18.9 Å². The van der Waals surface area contributed by atoms with Crippen LogP contribution in [0.3, 0.4) is 0 Å². The maximum atomic E-state index is 9.90. The monoisotopic (exact) mass is 221 g/mol. The Morgan fingerprint density at radius 3 is 3.06 bits per heavy atom. The van der Waals surface area contributed by atoms with Gasteiger partial charge in [-0.3, -0.25) is 0 Å². The first kappa shape index (κ1) is 11.4. The van der Waals surface area contributed by atoms with E-state index in [1.54, 1.807) is 7.11 Å². The van der Waals surface area contributed by atoms with Gasteiger partial charge in [-0.1, -0.05) is 18.2 Å². The first-order valence-electron chi connectivity index (χ1n) is 5.84. The van der Waals surface area contributed by atoms with E-state index in [4.69, 9.17) is 4.74 Å². The maximum absolute atomic E-state index is 9.90. The Morgan fingerprint density at radius 2 is 2.25 bits per heavy atom. The van der Waals surface area contributed by atoms with E-state index in [0.29, 0.717) is 0 Å². The molecule has 0 radical (unpaired) electrons. The average Bonchev–Trinajstić information content (AvgIpc) is 2.33. The molecule has 1 aliphatic heterocycles. The van der Waals surface area contributed by atoms with E-state index >= 15 is 0 Å². The molecule has 0 aliphatic carbocycles. The molecular weight excluding hydrogens is 202 g/mol. The Morgan fingerprint density at radius 1 is 1.44 bits per heavy atom. The van der Waals surface area contributed by atoms with Gasteiger partial charge in [0.15, 0.2) is 0 Å². The second-order valence-corrected chi connectivity index (χ2v) is 4.20. The van der Waals surface area contributed by atoms with Crippen LogP contribution in [0.15, 0.2) is 24.3 Å². The van der Waals surface area contributed by atoms with E-state index in [0.717, 1.165) is 38.1 Å². The van der Waals surface area contributed by atoms with Crippen molar-refractivity contribution in [1.29, 1.82) is 0 Å². The number of methoxy groups -OCH3 is 1. The minimum absolute atomic E-state index is 0.296. The number of anilines is 1. The zero-order valence-electron chi connectivity index (χ0n) is 9.72. The summed E-state index contributed by atoms with van der Waals surface area (Å²) in [6.07, 6.45) is 1.56. The van der Waals surface area contributed by atoms with E-state index in [-0.39, 0.29) is 6.10 Å². The zero-order chi connectivity index (χ0) is 11.4. The van der Waals surface area contributed by atoms with Crippen LogP contribution < -0.4 is 4.90 Å². The summed E-state index contributed by atoms with van der Waals surface area (Å²) in [4.78, 5) is 2.33. The fraction of sp³-hybridized carbons (Fsp3) is 0.538. The van der Waals surface area contributed by atoms with Crippen LogP contribution in [0.5, 0.6) is 0 Å². The van der Waals surface area contributed by atoms with Gasteiger partial charge in [-0.2, -0.15) is 0 Å². The number of aliphatic hydroxyl groups excluding tert-OH is 1. The largest absolute Gasteiger partial charge is 0.388 e. The number of para-hydroxylation sites is 1. The molecule has 0 spiro atoms. The molecule has 0 aromatic heterocycles. The molecular formula is C13H19NO2. The number of aliphatic hydroxyl groups is 1. The molecule has 0 fully saturated rings. The van der Waals surface area contributed by atoms with Crippen LogP contribution in [-0.4, -0.2) is 31.9 Å². The molecule has 0 amide bonds. The molecule has 1 N–H and O–H groups in total. The van der Waals surface area contributed by atoms with Gasteiger partial charge < -0.3 is 14.7 Å². The minimum atomic E-state index is -0.296. The van der Waals surface area contributed by atoms with E-state index in [9.17, 15) is 5.11 Å². The van der Waals surface area contributed by atoms with Crippen molar-refractivity contribution in [3.05, 3.63) is 29.8 Å². The molecule has 88 valence electrons. The number of fused-ring (bicyclic) bond motifs is 1. The maximum Gasteiger partial charge on any atom is 0.0826 e. The molecule has 1 unspecified atom stereocenters. The summed E-state index contributed by atoms with van der Waals surface area (Å²) >= 11 is 0. The Labute approximate surface area is 96.6 Å². The quantitative estimate of drug-likeness (QED) is 0.789. The summed E-state index contributed by atoms with van der Waals surface area (Å²) < 4.78 is 5.07. The van der Waals surface area contributed by atoms with Crippen LogP contribution in [0, 0.1) is 0 Å². The lowest BCUT2D eigenvalue weighted by molar-refractivity contribution is 0.162. The first-order valence-corrected chi connectivity index (χ1v) is 5.84. The predicted molar refractivity (Wildman–Crippen MR) is 64.7 cm³/mol. The highest BCUT2D eigenvalue weighted by molar-refractivity contribution is 5.56. The molecule has 0 saturated heterocycles. The SMILES string of the molecule is COCCCN1CCC(O)c2ccccc21. The number of rotatable bonds is 4. The summed E-state index contributed by atoms with van der Waals surface area (Å²) in [6, 6.07) is 8.12. The van der Waals surface area contributed by atoms with Crippen molar-refractivity contribution in [2.45, 2.75) is 18.9 Å². The highest BCUT2D eigenvalue weighted by Gasteiger charge is 2.22. The standard InChI is InChI=1S/C13H19NO2/c1-16-10-4-8-14-9-7-13(15)11-5-2-3-6-12(11)14/h2-3,5-6,13,15H,4,7-10H2,1H3. The topological polar surface area (TPSA) is 32.7 Å². The predicted octanol–water partition coefficient (Wildman–Crippen LogP) is 1.97. The molecule has 3 nitrogen and oxygen atoms in total. The molecule has 2 rings (SSSR count). The van der Waals surface area contributed by atoms with Crippen molar-refractivity contribution < 1.29 is 9.84 Å². The second-order valence-electron chi connectivity index (χ2n) is 4.20. The van der Waals surface area contributed by atoms with Gasteiger partial charge >= 0.3 is 0 Å². The number of nitrogens with zero attached hydrogens (tertiary/aromatic N) is 1. The Bertz CT molecular complexity index is 340. The summed E-state index contributed by atoms with van der Waals surface area (Å²) in [5.74, 6) is 0. The molecule has 16 heavy (non-hydrogen) atoms. The average molecular weight is 221 g/mol. The van der Waals surface area contributed by atoms with Crippen molar-refractivity contribution >= 4 is 5.69 Å². The number of ether oxygens (including phenoxy) is 1. The van der Waals surface area contributed by atoms with E-state index in [1.165, 1.54) is 5.69 Å². The smallest absolute Gasteiger partial charge is 0.0826 e. The molecule has 0 bridgehead atoms. The first-order chi connectivity index (χ1) is 7.83. The van der Waals surface area contributed by atoms with E-state index < -0.39 is 0 Å². The van der Waals surface area contributed by atoms with Crippen molar-refractivity contribution in [3.63, 3.8) is 0 Å². The van der Waals surface area contributed by atoms with Gasteiger partial charge in [0.1, 0.15) is 0 Å². The highest BCUT2D eigenvalue weighted by atomic mass is 16.5. The van der Waals surface area contributed by atoms with E-state index in [2.05, 4.69) is 11.0 Å². The number of benzene rings is 1. The van der Waals surface area contributed by atoms with Gasteiger partial charge in [-0.15, -0.1) is 0 Å².